The van der Waals surface area contributed by atoms with E-state index in [2.05, 4.69) is 13.0 Å². The van der Waals surface area contributed by atoms with Crippen molar-refractivity contribution in [3.05, 3.63) is 47.7 Å². The van der Waals surface area contributed by atoms with Gasteiger partial charge >= 0.3 is 0 Å². The van der Waals surface area contributed by atoms with Gasteiger partial charge in [0.25, 0.3) is 0 Å². The minimum absolute atomic E-state index is 0.0286. The molecule has 0 amide bonds. The van der Waals surface area contributed by atoms with Gasteiger partial charge in [0.15, 0.2) is 5.76 Å². The van der Waals surface area contributed by atoms with Crippen LogP contribution in [0.2, 0.25) is 0 Å². The lowest BCUT2D eigenvalue weighted by Gasteiger charge is -2.25. The molecular weight excluding hydrogens is 186 g/mol. The van der Waals surface area contributed by atoms with Crippen molar-refractivity contribution >= 4 is 0 Å². The summed E-state index contributed by atoms with van der Waals surface area (Å²) in [7, 11) is 0. The first-order valence-corrected chi connectivity index (χ1v) is 5.13. The number of ether oxygens (including phenoxy) is 1. The summed E-state index contributed by atoms with van der Waals surface area (Å²) in [6.45, 7) is 2.11. The molecule has 0 aliphatic carbocycles. The van der Waals surface area contributed by atoms with E-state index in [-0.39, 0.29) is 6.10 Å². The number of nitriles is 1. The second-order valence-electron chi connectivity index (χ2n) is 3.87. The van der Waals surface area contributed by atoms with Gasteiger partial charge in [0.2, 0.25) is 0 Å². The molecule has 0 unspecified atom stereocenters. The van der Waals surface area contributed by atoms with Crippen molar-refractivity contribution in [2.75, 3.05) is 0 Å². The van der Waals surface area contributed by atoms with E-state index in [4.69, 9.17) is 10.00 Å². The minimum Gasteiger partial charge on any atom is -0.476 e. The molecule has 1 heterocycles. The summed E-state index contributed by atoms with van der Waals surface area (Å²) in [5.41, 5.74) is 1.14. The van der Waals surface area contributed by atoms with Crippen molar-refractivity contribution in [2.45, 2.75) is 19.4 Å². The van der Waals surface area contributed by atoms with Gasteiger partial charge < -0.3 is 4.74 Å². The van der Waals surface area contributed by atoms with Crippen LogP contribution < -0.4 is 0 Å². The van der Waals surface area contributed by atoms with Crippen LogP contribution in [-0.2, 0) is 4.74 Å². The molecular formula is C13H13NO. The Hall–Kier alpha value is -1.75. The Morgan fingerprint density at radius 3 is 2.73 bits per heavy atom. The quantitative estimate of drug-likeness (QED) is 0.695. The van der Waals surface area contributed by atoms with Crippen LogP contribution in [0.15, 0.2) is 42.2 Å². The normalized spacial score (nSPS) is 24.9. The third-order valence-electron chi connectivity index (χ3n) is 2.57. The highest BCUT2D eigenvalue weighted by Crippen LogP contribution is 2.32. The Morgan fingerprint density at radius 1 is 1.33 bits per heavy atom. The fourth-order valence-corrected chi connectivity index (χ4v) is 1.84. The number of hydrogen-bond donors (Lipinski definition) is 0. The molecule has 1 aliphatic rings. The summed E-state index contributed by atoms with van der Waals surface area (Å²) >= 11 is 0. The monoisotopic (exact) mass is 199 g/mol. The smallest absolute Gasteiger partial charge is 0.193 e. The number of hydrogen-bond acceptors (Lipinski definition) is 2. The van der Waals surface area contributed by atoms with E-state index in [0.717, 1.165) is 12.0 Å². The molecule has 0 radical (unpaired) electrons. The van der Waals surface area contributed by atoms with Crippen LogP contribution in [0.5, 0.6) is 0 Å². The standard InChI is InChI=1S/C13H13NO/c1-10-7-12(9-14)15-13(8-10)11-5-3-2-4-6-11/h2-7,10,13H,8H2,1H3/t10-,13+/m1/s1. The maximum Gasteiger partial charge on any atom is 0.193 e. The van der Waals surface area contributed by atoms with Gasteiger partial charge in [0, 0.05) is 0 Å². The summed E-state index contributed by atoms with van der Waals surface area (Å²) in [6, 6.07) is 12.1. The highest BCUT2D eigenvalue weighted by atomic mass is 16.5. The van der Waals surface area contributed by atoms with Gasteiger partial charge in [0.05, 0.1) is 0 Å². The highest BCUT2D eigenvalue weighted by molar-refractivity contribution is 5.23. The molecule has 2 atom stereocenters. The largest absolute Gasteiger partial charge is 0.476 e. The average Bonchev–Trinajstić information content (AvgIpc) is 2.29. The lowest BCUT2D eigenvalue weighted by atomic mass is 9.95. The summed E-state index contributed by atoms with van der Waals surface area (Å²) in [5, 5.41) is 8.83. The third-order valence-corrected chi connectivity index (χ3v) is 2.57. The van der Waals surface area contributed by atoms with Crippen LogP contribution in [0.3, 0.4) is 0 Å². The Morgan fingerprint density at radius 2 is 2.07 bits per heavy atom. The van der Waals surface area contributed by atoms with Gasteiger partial charge in [-0.2, -0.15) is 5.26 Å². The number of nitrogens with zero attached hydrogens (tertiary/aromatic N) is 1. The topological polar surface area (TPSA) is 33.0 Å². The Balaban J connectivity index is 2.21. The predicted molar refractivity (Wildman–Crippen MR) is 57.7 cm³/mol. The maximum atomic E-state index is 8.83. The first-order chi connectivity index (χ1) is 7.29. The van der Waals surface area contributed by atoms with Crippen molar-refractivity contribution in [3.8, 4) is 6.07 Å². The molecule has 0 saturated heterocycles. The van der Waals surface area contributed by atoms with E-state index in [1.807, 2.05) is 36.4 Å². The molecule has 1 aliphatic heterocycles. The summed E-state index contributed by atoms with van der Waals surface area (Å²) in [5.74, 6) is 0.848. The van der Waals surface area contributed by atoms with Crippen LogP contribution in [0, 0.1) is 17.2 Å². The van der Waals surface area contributed by atoms with Crippen molar-refractivity contribution < 1.29 is 4.74 Å². The second kappa shape index (κ2) is 4.18. The Bertz CT molecular complexity index is 402. The second-order valence-corrected chi connectivity index (χ2v) is 3.87. The number of rotatable bonds is 1. The SMILES string of the molecule is C[C@@H]1C=C(C#N)O[C@H](c2ccccc2)C1. The molecule has 0 aromatic heterocycles. The fourth-order valence-electron chi connectivity index (χ4n) is 1.84. The molecule has 15 heavy (non-hydrogen) atoms. The zero-order valence-electron chi connectivity index (χ0n) is 8.68. The molecule has 1 aromatic rings. The van der Waals surface area contributed by atoms with Gasteiger partial charge in [0.1, 0.15) is 12.2 Å². The van der Waals surface area contributed by atoms with Crippen LogP contribution in [-0.4, -0.2) is 0 Å². The van der Waals surface area contributed by atoms with Gasteiger partial charge in [-0.3, -0.25) is 0 Å². The first-order valence-electron chi connectivity index (χ1n) is 5.13. The molecule has 0 spiro atoms. The van der Waals surface area contributed by atoms with E-state index in [1.165, 1.54) is 0 Å². The van der Waals surface area contributed by atoms with Crippen LogP contribution in [0.25, 0.3) is 0 Å². The molecule has 76 valence electrons. The van der Waals surface area contributed by atoms with E-state index in [9.17, 15) is 0 Å². The summed E-state index contributed by atoms with van der Waals surface area (Å²) < 4.78 is 5.59. The van der Waals surface area contributed by atoms with Crippen molar-refractivity contribution in [1.82, 2.24) is 0 Å². The molecule has 0 N–H and O–H groups in total. The van der Waals surface area contributed by atoms with E-state index in [1.54, 1.807) is 0 Å². The molecule has 0 saturated carbocycles. The van der Waals surface area contributed by atoms with Crippen LogP contribution in [0.1, 0.15) is 25.0 Å². The first kappa shape index (κ1) is 9.79. The van der Waals surface area contributed by atoms with Gasteiger partial charge in [-0.1, -0.05) is 37.3 Å². The summed E-state index contributed by atoms with van der Waals surface area (Å²) in [4.78, 5) is 0. The van der Waals surface area contributed by atoms with Gasteiger partial charge in [-0.15, -0.1) is 0 Å². The lowest BCUT2D eigenvalue weighted by Crippen LogP contribution is -2.13. The molecule has 0 fully saturated rings. The number of benzene rings is 1. The van der Waals surface area contributed by atoms with Gasteiger partial charge in [-0.25, -0.2) is 0 Å². The molecule has 2 rings (SSSR count). The van der Waals surface area contributed by atoms with Gasteiger partial charge in [-0.05, 0) is 24.0 Å². The fraction of sp³-hybridized carbons (Fsp3) is 0.308. The lowest BCUT2D eigenvalue weighted by molar-refractivity contribution is 0.0923. The molecule has 0 bridgehead atoms. The van der Waals surface area contributed by atoms with Crippen LogP contribution >= 0.6 is 0 Å². The number of allylic oxidation sites excluding steroid dienone is 2. The Kier molecular flexibility index (Phi) is 2.73. The molecule has 2 heteroatoms. The van der Waals surface area contributed by atoms with Crippen molar-refractivity contribution in [2.24, 2.45) is 5.92 Å². The van der Waals surface area contributed by atoms with E-state index < -0.39 is 0 Å². The maximum absolute atomic E-state index is 8.83. The van der Waals surface area contributed by atoms with Crippen molar-refractivity contribution in [3.63, 3.8) is 0 Å². The van der Waals surface area contributed by atoms with E-state index in [0.29, 0.717) is 11.7 Å². The third kappa shape index (κ3) is 2.19. The molecule has 2 nitrogen and oxygen atoms in total. The predicted octanol–water partition coefficient (Wildman–Crippen LogP) is 3.19. The average molecular weight is 199 g/mol. The highest BCUT2D eigenvalue weighted by Gasteiger charge is 2.22. The molecule has 1 aromatic carbocycles. The van der Waals surface area contributed by atoms with Crippen molar-refractivity contribution in [1.29, 1.82) is 5.26 Å². The minimum atomic E-state index is 0.0286. The van der Waals surface area contributed by atoms with Crippen LogP contribution in [0.4, 0.5) is 0 Å². The Labute approximate surface area is 89.8 Å². The zero-order valence-corrected chi connectivity index (χ0v) is 8.68. The summed E-state index contributed by atoms with van der Waals surface area (Å²) in [6.07, 6.45) is 2.86. The van der Waals surface area contributed by atoms with E-state index >= 15 is 0 Å². The zero-order chi connectivity index (χ0) is 10.7.